The summed E-state index contributed by atoms with van der Waals surface area (Å²) in [6, 6.07) is 4.74. The number of nitrogens with one attached hydrogen (secondary N) is 1. The van der Waals surface area contributed by atoms with Gasteiger partial charge in [0.05, 0.1) is 12.0 Å². The Labute approximate surface area is 123 Å². The predicted molar refractivity (Wildman–Crippen MR) is 81.2 cm³/mol. The van der Waals surface area contributed by atoms with Crippen LogP contribution < -0.4 is 5.32 Å². The number of likely N-dealkylation sites (N-methyl/N-ethyl adjacent to an activating group) is 1. The molecule has 0 saturated heterocycles. The number of nitro benzene ring substituents is 1. The Balaban J connectivity index is 2.89. The van der Waals surface area contributed by atoms with Gasteiger partial charge in [0.25, 0.3) is 5.69 Å². The molecule has 114 valence electrons. The fourth-order valence-electron chi connectivity index (χ4n) is 1.60. The van der Waals surface area contributed by atoms with Gasteiger partial charge in [-0.3, -0.25) is 10.1 Å². The zero-order valence-corrected chi connectivity index (χ0v) is 12.3. The first-order valence-electron chi connectivity index (χ1n) is 6.37. The van der Waals surface area contributed by atoms with Crippen molar-refractivity contribution in [3.63, 3.8) is 0 Å². The maximum Gasteiger partial charge on any atom is 0.330 e. The van der Waals surface area contributed by atoms with Gasteiger partial charge in [-0.2, -0.15) is 0 Å². The number of esters is 1. The standard InChI is InChI=1S/C14H19N3O4/c1-16(2)9-8-15-12-6-4-11(5-7-14(18)21-3)10-13(12)17(19)20/h4-7,10,15H,8-9H2,1-3H3/b7-5+. The van der Waals surface area contributed by atoms with Gasteiger partial charge in [0.1, 0.15) is 5.69 Å². The summed E-state index contributed by atoms with van der Waals surface area (Å²) in [4.78, 5) is 23.6. The number of hydrogen-bond acceptors (Lipinski definition) is 6. The van der Waals surface area contributed by atoms with E-state index in [-0.39, 0.29) is 5.69 Å². The summed E-state index contributed by atoms with van der Waals surface area (Å²) < 4.78 is 4.47. The number of benzene rings is 1. The Kier molecular flexibility index (Phi) is 6.35. The van der Waals surface area contributed by atoms with E-state index in [1.54, 1.807) is 12.1 Å². The smallest absolute Gasteiger partial charge is 0.330 e. The third-order valence-corrected chi connectivity index (χ3v) is 2.71. The molecule has 0 aliphatic rings. The maximum atomic E-state index is 11.1. The SMILES string of the molecule is COC(=O)/C=C/c1ccc(NCCN(C)C)c([N+](=O)[O-])c1. The minimum atomic E-state index is -0.508. The second kappa shape index (κ2) is 8.01. The highest BCUT2D eigenvalue weighted by Gasteiger charge is 2.13. The van der Waals surface area contributed by atoms with Crippen LogP contribution in [-0.2, 0) is 9.53 Å². The second-order valence-corrected chi connectivity index (χ2v) is 4.62. The number of rotatable bonds is 7. The van der Waals surface area contributed by atoms with Crippen LogP contribution in [0.15, 0.2) is 24.3 Å². The topological polar surface area (TPSA) is 84.7 Å². The van der Waals surface area contributed by atoms with Gasteiger partial charge in [-0.15, -0.1) is 0 Å². The van der Waals surface area contributed by atoms with Crippen molar-refractivity contribution >= 4 is 23.4 Å². The highest BCUT2D eigenvalue weighted by atomic mass is 16.6. The summed E-state index contributed by atoms with van der Waals surface area (Å²) in [5.41, 5.74) is 0.989. The van der Waals surface area contributed by atoms with E-state index in [4.69, 9.17) is 0 Å². The average Bonchev–Trinajstić information content (AvgIpc) is 2.44. The molecule has 1 aromatic carbocycles. The quantitative estimate of drug-likeness (QED) is 0.357. The number of hydrogen-bond donors (Lipinski definition) is 1. The Morgan fingerprint density at radius 2 is 2.19 bits per heavy atom. The molecular weight excluding hydrogens is 274 g/mol. The monoisotopic (exact) mass is 293 g/mol. The van der Waals surface area contributed by atoms with Crippen LogP contribution in [0, 0.1) is 10.1 Å². The first-order chi connectivity index (χ1) is 9.93. The molecule has 0 atom stereocenters. The Morgan fingerprint density at radius 3 is 2.76 bits per heavy atom. The molecule has 0 bridgehead atoms. The average molecular weight is 293 g/mol. The van der Waals surface area contributed by atoms with Gasteiger partial charge in [0, 0.05) is 25.2 Å². The highest BCUT2D eigenvalue weighted by Crippen LogP contribution is 2.26. The Bertz CT molecular complexity index is 541. The molecule has 0 unspecified atom stereocenters. The first-order valence-corrected chi connectivity index (χ1v) is 6.37. The van der Waals surface area contributed by atoms with Gasteiger partial charge in [-0.25, -0.2) is 4.79 Å². The van der Waals surface area contributed by atoms with Crippen molar-refractivity contribution in [3.05, 3.63) is 40.0 Å². The fraction of sp³-hybridized carbons (Fsp3) is 0.357. The molecule has 0 heterocycles. The molecule has 7 nitrogen and oxygen atoms in total. The summed E-state index contributed by atoms with van der Waals surface area (Å²) in [6.07, 6.45) is 2.70. The van der Waals surface area contributed by atoms with Crippen LogP contribution in [0.25, 0.3) is 6.08 Å². The second-order valence-electron chi connectivity index (χ2n) is 4.62. The zero-order valence-electron chi connectivity index (χ0n) is 12.3. The van der Waals surface area contributed by atoms with Crippen molar-refractivity contribution in [1.29, 1.82) is 0 Å². The molecule has 0 aliphatic carbocycles. The molecule has 0 radical (unpaired) electrons. The van der Waals surface area contributed by atoms with Crippen molar-refractivity contribution < 1.29 is 14.5 Å². The number of anilines is 1. The molecule has 0 saturated carbocycles. The molecule has 0 spiro atoms. The van der Waals surface area contributed by atoms with Crippen LogP contribution in [-0.4, -0.2) is 50.1 Å². The van der Waals surface area contributed by atoms with Crippen LogP contribution in [0.4, 0.5) is 11.4 Å². The van der Waals surface area contributed by atoms with Crippen LogP contribution >= 0.6 is 0 Å². The summed E-state index contributed by atoms with van der Waals surface area (Å²) in [7, 11) is 5.13. The van der Waals surface area contributed by atoms with Gasteiger partial charge < -0.3 is 15.0 Å². The lowest BCUT2D eigenvalue weighted by Gasteiger charge is -2.11. The number of nitro groups is 1. The van der Waals surface area contributed by atoms with Crippen LogP contribution in [0.5, 0.6) is 0 Å². The largest absolute Gasteiger partial charge is 0.466 e. The van der Waals surface area contributed by atoms with Gasteiger partial charge in [0.15, 0.2) is 0 Å². The summed E-state index contributed by atoms with van der Waals surface area (Å²) in [5.74, 6) is -0.508. The Morgan fingerprint density at radius 1 is 1.48 bits per heavy atom. The summed E-state index contributed by atoms with van der Waals surface area (Å²) >= 11 is 0. The van der Waals surface area contributed by atoms with Crippen molar-refractivity contribution in [1.82, 2.24) is 4.90 Å². The molecule has 0 amide bonds. The van der Waals surface area contributed by atoms with E-state index in [1.165, 1.54) is 25.3 Å². The first kappa shape index (κ1) is 16.6. The van der Waals surface area contributed by atoms with E-state index in [9.17, 15) is 14.9 Å². The molecule has 0 aliphatic heterocycles. The lowest BCUT2D eigenvalue weighted by Crippen LogP contribution is -2.21. The minimum Gasteiger partial charge on any atom is -0.466 e. The van der Waals surface area contributed by atoms with Crippen molar-refractivity contribution in [2.75, 3.05) is 39.6 Å². The molecule has 0 fully saturated rings. The van der Waals surface area contributed by atoms with Crippen LogP contribution in [0.2, 0.25) is 0 Å². The van der Waals surface area contributed by atoms with Crippen LogP contribution in [0.3, 0.4) is 0 Å². The van der Waals surface area contributed by atoms with Crippen molar-refractivity contribution in [2.45, 2.75) is 0 Å². The van der Waals surface area contributed by atoms with E-state index in [2.05, 4.69) is 10.1 Å². The van der Waals surface area contributed by atoms with Gasteiger partial charge in [0.2, 0.25) is 0 Å². The van der Waals surface area contributed by atoms with Gasteiger partial charge >= 0.3 is 5.97 Å². The molecule has 1 N–H and O–H groups in total. The number of nitrogens with zero attached hydrogens (tertiary/aromatic N) is 2. The lowest BCUT2D eigenvalue weighted by molar-refractivity contribution is -0.384. The van der Waals surface area contributed by atoms with Gasteiger partial charge in [-0.05, 0) is 31.8 Å². The molecule has 1 aromatic rings. The van der Waals surface area contributed by atoms with E-state index in [0.717, 1.165) is 6.54 Å². The minimum absolute atomic E-state index is 0.0271. The number of carbonyl (C=O) groups excluding carboxylic acids is 1. The van der Waals surface area contributed by atoms with E-state index in [1.807, 2.05) is 19.0 Å². The van der Waals surface area contributed by atoms with Crippen LogP contribution in [0.1, 0.15) is 5.56 Å². The number of ether oxygens (including phenoxy) is 1. The maximum absolute atomic E-state index is 11.1. The third-order valence-electron chi connectivity index (χ3n) is 2.71. The molecule has 7 heteroatoms. The predicted octanol–water partition coefficient (Wildman–Crippen LogP) is 1.75. The molecular formula is C14H19N3O4. The van der Waals surface area contributed by atoms with Crippen molar-refractivity contribution in [2.24, 2.45) is 0 Å². The number of carbonyl (C=O) groups is 1. The van der Waals surface area contributed by atoms with Crippen molar-refractivity contribution in [3.8, 4) is 0 Å². The molecule has 0 aromatic heterocycles. The zero-order chi connectivity index (χ0) is 15.8. The van der Waals surface area contributed by atoms with Gasteiger partial charge in [-0.1, -0.05) is 6.07 Å². The van der Waals surface area contributed by atoms with E-state index in [0.29, 0.717) is 17.8 Å². The third kappa shape index (κ3) is 5.62. The number of methoxy groups -OCH3 is 1. The normalized spacial score (nSPS) is 10.9. The molecule has 21 heavy (non-hydrogen) atoms. The van der Waals surface area contributed by atoms with E-state index >= 15 is 0 Å². The summed E-state index contributed by atoms with van der Waals surface area (Å²) in [5, 5.41) is 14.1. The Hall–Kier alpha value is -2.41. The lowest BCUT2D eigenvalue weighted by atomic mass is 10.1. The van der Waals surface area contributed by atoms with E-state index < -0.39 is 10.9 Å². The fourth-order valence-corrected chi connectivity index (χ4v) is 1.60. The summed E-state index contributed by atoms with van der Waals surface area (Å²) in [6.45, 7) is 1.37. The highest BCUT2D eigenvalue weighted by molar-refractivity contribution is 5.87. The molecule has 1 rings (SSSR count).